The molecule has 0 heterocycles. The molecule has 1 fully saturated rings. The SMILES string of the molecule is CC(C)(C)CCNC1CCC(O)CC1. The molecular weight excluding hydrogens is 174 g/mol. The molecule has 2 nitrogen and oxygen atoms in total. The van der Waals surface area contributed by atoms with Gasteiger partial charge in [-0.1, -0.05) is 20.8 Å². The van der Waals surface area contributed by atoms with Crippen LogP contribution in [-0.4, -0.2) is 23.8 Å². The lowest BCUT2D eigenvalue weighted by molar-refractivity contribution is 0.116. The normalized spacial score (nSPS) is 29.1. The topological polar surface area (TPSA) is 32.3 Å². The highest BCUT2D eigenvalue weighted by atomic mass is 16.3. The molecule has 0 bridgehead atoms. The molecule has 1 aliphatic rings. The van der Waals surface area contributed by atoms with Crippen LogP contribution in [0.5, 0.6) is 0 Å². The Kier molecular flexibility index (Phi) is 4.39. The van der Waals surface area contributed by atoms with E-state index in [1.54, 1.807) is 0 Å². The van der Waals surface area contributed by atoms with E-state index >= 15 is 0 Å². The van der Waals surface area contributed by atoms with E-state index in [-0.39, 0.29) is 6.10 Å². The Morgan fingerprint density at radius 3 is 2.21 bits per heavy atom. The van der Waals surface area contributed by atoms with Crippen molar-refractivity contribution in [1.29, 1.82) is 0 Å². The van der Waals surface area contributed by atoms with Crippen molar-refractivity contribution in [2.45, 2.75) is 65.0 Å². The smallest absolute Gasteiger partial charge is 0.0541 e. The average Bonchev–Trinajstić information content (AvgIpc) is 2.06. The van der Waals surface area contributed by atoms with Gasteiger partial charge in [-0.25, -0.2) is 0 Å². The summed E-state index contributed by atoms with van der Waals surface area (Å²) in [5.41, 5.74) is 0.432. The fourth-order valence-electron chi connectivity index (χ4n) is 1.93. The number of hydrogen-bond donors (Lipinski definition) is 2. The maximum absolute atomic E-state index is 9.35. The molecular formula is C12H25NO. The van der Waals surface area contributed by atoms with Gasteiger partial charge in [0, 0.05) is 6.04 Å². The van der Waals surface area contributed by atoms with Gasteiger partial charge in [-0.15, -0.1) is 0 Å². The Morgan fingerprint density at radius 1 is 1.14 bits per heavy atom. The maximum Gasteiger partial charge on any atom is 0.0541 e. The second-order valence-electron chi connectivity index (χ2n) is 5.77. The van der Waals surface area contributed by atoms with Crippen LogP contribution in [0, 0.1) is 5.41 Å². The summed E-state index contributed by atoms with van der Waals surface area (Å²) in [5.74, 6) is 0. The van der Waals surface area contributed by atoms with E-state index < -0.39 is 0 Å². The van der Waals surface area contributed by atoms with Gasteiger partial charge in [0.1, 0.15) is 0 Å². The summed E-state index contributed by atoms with van der Waals surface area (Å²) in [7, 11) is 0. The van der Waals surface area contributed by atoms with Crippen LogP contribution in [-0.2, 0) is 0 Å². The molecule has 0 amide bonds. The number of rotatable bonds is 3. The van der Waals surface area contributed by atoms with Crippen molar-refractivity contribution in [3.63, 3.8) is 0 Å². The van der Waals surface area contributed by atoms with Crippen LogP contribution in [0.25, 0.3) is 0 Å². The number of hydrogen-bond acceptors (Lipinski definition) is 2. The van der Waals surface area contributed by atoms with E-state index in [4.69, 9.17) is 0 Å². The highest BCUT2D eigenvalue weighted by molar-refractivity contribution is 4.77. The molecule has 0 aromatic carbocycles. The number of aliphatic hydroxyl groups excluding tert-OH is 1. The minimum Gasteiger partial charge on any atom is -0.393 e. The molecule has 0 aliphatic heterocycles. The van der Waals surface area contributed by atoms with E-state index in [9.17, 15) is 5.11 Å². The van der Waals surface area contributed by atoms with Crippen LogP contribution in [0.2, 0.25) is 0 Å². The zero-order chi connectivity index (χ0) is 10.6. The third-order valence-corrected chi connectivity index (χ3v) is 3.00. The lowest BCUT2D eigenvalue weighted by Gasteiger charge is -2.27. The molecule has 2 N–H and O–H groups in total. The minimum atomic E-state index is -0.0318. The number of nitrogens with one attached hydrogen (secondary N) is 1. The minimum absolute atomic E-state index is 0.0318. The molecule has 0 radical (unpaired) electrons. The summed E-state index contributed by atoms with van der Waals surface area (Å²) in [4.78, 5) is 0. The number of aliphatic hydroxyl groups is 1. The van der Waals surface area contributed by atoms with Crippen molar-refractivity contribution in [1.82, 2.24) is 5.32 Å². The van der Waals surface area contributed by atoms with Crippen molar-refractivity contribution < 1.29 is 5.11 Å². The summed E-state index contributed by atoms with van der Waals surface area (Å²) >= 11 is 0. The van der Waals surface area contributed by atoms with Gasteiger partial charge < -0.3 is 10.4 Å². The van der Waals surface area contributed by atoms with Gasteiger partial charge in [-0.05, 0) is 44.1 Å². The second kappa shape index (κ2) is 5.13. The summed E-state index contributed by atoms with van der Waals surface area (Å²) < 4.78 is 0. The molecule has 84 valence electrons. The van der Waals surface area contributed by atoms with E-state index in [2.05, 4.69) is 26.1 Å². The van der Waals surface area contributed by atoms with Gasteiger partial charge in [-0.3, -0.25) is 0 Å². The fraction of sp³-hybridized carbons (Fsp3) is 1.00. The van der Waals surface area contributed by atoms with Gasteiger partial charge in [0.15, 0.2) is 0 Å². The molecule has 1 aliphatic carbocycles. The van der Waals surface area contributed by atoms with Gasteiger partial charge >= 0.3 is 0 Å². The molecule has 14 heavy (non-hydrogen) atoms. The van der Waals surface area contributed by atoms with Crippen molar-refractivity contribution in [2.75, 3.05) is 6.54 Å². The summed E-state index contributed by atoms with van der Waals surface area (Å²) in [6.45, 7) is 7.95. The molecule has 0 aromatic rings. The van der Waals surface area contributed by atoms with Crippen LogP contribution in [0.3, 0.4) is 0 Å². The largest absolute Gasteiger partial charge is 0.393 e. The fourth-order valence-corrected chi connectivity index (χ4v) is 1.93. The molecule has 0 spiro atoms. The highest BCUT2D eigenvalue weighted by Crippen LogP contribution is 2.20. The lowest BCUT2D eigenvalue weighted by atomic mass is 9.90. The zero-order valence-electron chi connectivity index (χ0n) is 9.84. The van der Waals surface area contributed by atoms with Crippen LogP contribution in [0.4, 0.5) is 0 Å². The Hall–Kier alpha value is -0.0800. The van der Waals surface area contributed by atoms with Crippen molar-refractivity contribution in [3.05, 3.63) is 0 Å². The Morgan fingerprint density at radius 2 is 1.71 bits per heavy atom. The molecule has 2 heteroatoms. The van der Waals surface area contributed by atoms with Gasteiger partial charge in [0.05, 0.1) is 6.10 Å². The van der Waals surface area contributed by atoms with Crippen molar-refractivity contribution in [3.8, 4) is 0 Å². The van der Waals surface area contributed by atoms with Crippen LogP contribution in [0.15, 0.2) is 0 Å². The first-order chi connectivity index (χ1) is 6.47. The van der Waals surface area contributed by atoms with Crippen molar-refractivity contribution >= 4 is 0 Å². The van der Waals surface area contributed by atoms with Crippen LogP contribution in [0.1, 0.15) is 52.9 Å². The third-order valence-electron chi connectivity index (χ3n) is 3.00. The van der Waals surface area contributed by atoms with Crippen molar-refractivity contribution in [2.24, 2.45) is 5.41 Å². The quantitative estimate of drug-likeness (QED) is 0.731. The van der Waals surface area contributed by atoms with E-state index in [1.807, 2.05) is 0 Å². The zero-order valence-corrected chi connectivity index (χ0v) is 9.84. The highest BCUT2D eigenvalue weighted by Gasteiger charge is 2.19. The third kappa shape index (κ3) is 4.97. The summed E-state index contributed by atoms with van der Waals surface area (Å²) in [6, 6.07) is 0.653. The van der Waals surface area contributed by atoms with Gasteiger partial charge in [0.25, 0.3) is 0 Å². The Balaban J connectivity index is 2.08. The summed E-state index contributed by atoms with van der Waals surface area (Å²) in [6.07, 6.45) is 5.44. The monoisotopic (exact) mass is 199 g/mol. The van der Waals surface area contributed by atoms with E-state index in [0.717, 1.165) is 32.2 Å². The standard InChI is InChI=1S/C12H25NO/c1-12(2,3)8-9-13-10-4-6-11(14)7-5-10/h10-11,13-14H,4-9H2,1-3H3. The molecule has 0 saturated heterocycles. The predicted molar refractivity (Wildman–Crippen MR) is 60.3 cm³/mol. The van der Waals surface area contributed by atoms with Crippen LogP contribution >= 0.6 is 0 Å². The first-order valence-electron chi connectivity index (χ1n) is 5.89. The molecule has 1 rings (SSSR count). The van der Waals surface area contributed by atoms with E-state index in [1.165, 1.54) is 6.42 Å². The summed E-state index contributed by atoms with van der Waals surface area (Å²) in [5, 5.41) is 12.9. The second-order valence-corrected chi connectivity index (χ2v) is 5.77. The van der Waals surface area contributed by atoms with Gasteiger partial charge in [0.2, 0.25) is 0 Å². The Bertz CT molecular complexity index is 154. The lowest BCUT2D eigenvalue weighted by Crippen LogP contribution is -2.36. The molecule has 1 saturated carbocycles. The molecule has 0 aromatic heterocycles. The molecule has 0 atom stereocenters. The predicted octanol–water partition coefficient (Wildman–Crippen LogP) is 2.32. The maximum atomic E-state index is 9.35. The Labute approximate surface area is 88.1 Å². The first-order valence-corrected chi connectivity index (χ1v) is 5.89. The van der Waals surface area contributed by atoms with Crippen LogP contribution < -0.4 is 5.32 Å². The van der Waals surface area contributed by atoms with Gasteiger partial charge in [-0.2, -0.15) is 0 Å². The molecule has 0 unspecified atom stereocenters. The average molecular weight is 199 g/mol. The van der Waals surface area contributed by atoms with E-state index in [0.29, 0.717) is 11.5 Å². The first kappa shape index (κ1) is 12.0.